The number of amides is 1. The molecule has 2 saturated heterocycles. The van der Waals surface area contributed by atoms with E-state index in [2.05, 4.69) is 0 Å². The van der Waals surface area contributed by atoms with Crippen molar-refractivity contribution in [3.8, 4) is 0 Å². The Morgan fingerprint density at radius 2 is 2.00 bits per heavy atom. The normalized spacial score (nSPS) is 22.3. The van der Waals surface area contributed by atoms with Gasteiger partial charge in [-0.15, -0.1) is 0 Å². The molecule has 0 atom stereocenters. The summed E-state index contributed by atoms with van der Waals surface area (Å²) < 4.78 is 11.0. The molecule has 2 fully saturated rings. The lowest BCUT2D eigenvalue weighted by atomic mass is 9.89. The number of carbonyl (C=O) groups is 1. The molecular weight excluding hydrogens is 244 g/mol. The number of carbonyl (C=O) groups excluding carboxylic acids is 1. The number of rotatable bonds is 1. The van der Waals surface area contributed by atoms with Crippen molar-refractivity contribution in [2.45, 2.75) is 24.9 Å². The zero-order chi connectivity index (χ0) is 13.3. The van der Waals surface area contributed by atoms with E-state index >= 15 is 0 Å². The van der Waals surface area contributed by atoms with E-state index in [1.54, 1.807) is 17.0 Å². The van der Waals surface area contributed by atoms with Crippen LogP contribution in [-0.2, 0) is 9.47 Å². The fraction of sp³-hybridized carbons (Fsp3) is 0.500. The number of nitrogens with two attached hydrogens (primary N) is 1. The van der Waals surface area contributed by atoms with Crippen molar-refractivity contribution in [2.75, 3.05) is 30.4 Å². The minimum Gasteiger partial charge on any atom is -0.442 e. The monoisotopic (exact) mass is 262 g/mol. The molecule has 2 aliphatic heterocycles. The van der Waals surface area contributed by atoms with Crippen molar-refractivity contribution in [1.82, 2.24) is 0 Å². The van der Waals surface area contributed by atoms with Gasteiger partial charge in [-0.1, -0.05) is 6.07 Å². The van der Waals surface area contributed by atoms with Gasteiger partial charge in [0.25, 0.3) is 0 Å². The lowest BCUT2D eigenvalue weighted by molar-refractivity contribution is -0.0805. The molecule has 1 aromatic carbocycles. The van der Waals surface area contributed by atoms with E-state index in [1.165, 1.54) is 0 Å². The van der Waals surface area contributed by atoms with Gasteiger partial charge in [0.2, 0.25) is 0 Å². The van der Waals surface area contributed by atoms with Gasteiger partial charge in [-0.3, -0.25) is 4.90 Å². The maximum atomic E-state index is 12.2. The lowest BCUT2D eigenvalue weighted by Crippen LogP contribution is -2.52. The van der Waals surface area contributed by atoms with Crippen LogP contribution in [0.15, 0.2) is 24.3 Å². The van der Waals surface area contributed by atoms with Gasteiger partial charge in [0.15, 0.2) is 0 Å². The number of nitrogens with zero attached hydrogens (tertiary/aromatic N) is 1. The zero-order valence-electron chi connectivity index (χ0n) is 10.8. The second kappa shape index (κ2) is 4.74. The summed E-state index contributed by atoms with van der Waals surface area (Å²) >= 11 is 0. The van der Waals surface area contributed by atoms with Crippen LogP contribution < -0.4 is 10.6 Å². The van der Waals surface area contributed by atoms with E-state index in [0.717, 1.165) is 24.9 Å². The van der Waals surface area contributed by atoms with E-state index in [-0.39, 0.29) is 11.7 Å². The Bertz CT molecular complexity index is 483. The fourth-order valence-electron chi connectivity index (χ4n) is 2.72. The van der Waals surface area contributed by atoms with Crippen LogP contribution in [0.5, 0.6) is 0 Å². The molecule has 102 valence electrons. The molecule has 2 heterocycles. The first kappa shape index (κ1) is 12.3. The van der Waals surface area contributed by atoms with Crippen LogP contribution in [0.1, 0.15) is 19.3 Å². The van der Waals surface area contributed by atoms with Gasteiger partial charge >= 0.3 is 6.09 Å². The molecule has 0 radical (unpaired) electrons. The minimum atomic E-state index is -0.313. The Kier molecular flexibility index (Phi) is 3.06. The van der Waals surface area contributed by atoms with Gasteiger partial charge in [0.05, 0.1) is 13.2 Å². The van der Waals surface area contributed by atoms with Crippen molar-refractivity contribution < 1.29 is 14.3 Å². The van der Waals surface area contributed by atoms with Crippen molar-refractivity contribution in [1.29, 1.82) is 0 Å². The summed E-state index contributed by atoms with van der Waals surface area (Å²) in [6.45, 7) is 2.01. The Hall–Kier alpha value is -1.75. The Morgan fingerprint density at radius 1 is 1.21 bits per heavy atom. The van der Waals surface area contributed by atoms with Gasteiger partial charge < -0.3 is 15.2 Å². The summed E-state index contributed by atoms with van der Waals surface area (Å²) in [5.74, 6) is 0. The third kappa shape index (κ3) is 2.38. The second-order valence-corrected chi connectivity index (χ2v) is 5.16. The molecular formula is C14H18N2O3. The summed E-state index contributed by atoms with van der Waals surface area (Å²) in [6.07, 6.45) is 2.16. The van der Waals surface area contributed by atoms with Crippen LogP contribution in [0.4, 0.5) is 16.2 Å². The van der Waals surface area contributed by atoms with Crippen molar-refractivity contribution in [3.63, 3.8) is 0 Å². The first-order valence-electron chi connectivity index (χ1n) is 6.62. The second-order valence-electron chi connectivity index (χ2n) is 5.16. The number of nitrogen functional groups attached to an aromatic ring is 1. The van der Waals surface area contributed by atoms with Crippen LogP contribution >= 0.6 is 0 Å². The third-order valence-electron chi connectivity index (χ3n) is 3.90. The first-order valence-corrected chi connectivity index (χ1v) is 6.62. The van der Waals surface area contributed by atoms with Crippen LogP contribution in [0, 0.1) is 0 Å². The predicted molar refractivity (Wildman–Crippen MR) is 72.1 cm³/mol. The topological polar surface area (TPSA) is 64.8 Å². The molecule has 3 rings (SSSR count). The highest BCUT2D eigenvalue weighted by Crippen LogP contribution is 2.35. The van der Waals surface area contributed by atoms with Gasteiger partial charge in [-0.2, -0.15) is 0 Å². The molecule has 5 heteroatoms. The third-order valence-corrected chi connectivity index (χ3v) is 3.90. The standard InChI is InChI=1S/C14H18N2O3/c15-11-2-1-3-12(10-11)16-7-4-14(19-13(16)17)5-8-18-9-6-14/h1-3,10H,4-9,15H2. The summed E-state index contributed by atoms with van der Waals surface area (Å²) in [5.41, 5.74) is 6.89. The van der Waals surface area contributed by atoms with Gasteiger partial charge in [0, 0.05) is 37.2 Å². The molecule has 2 aliphatic rings. The fourth-order valence-corrected chi connectivity index (χ4v) is 2.72. The summed E-state index contributed by atoms with van der Waals surface area (Å²) in [6, 6.07) is 7.32. The number of ether oxygens (including phenoxy) is 2. The number of anilines is 2. The van der Waals surface area contributed by atoms with Crippen molar-refractivity contribution >= 4 is 17.5 Å². The van der Waals surface area contributed by atoms with Crippen LogP contribution in [-0.4, -0.2) is 31.5 Å². The molecule has 2 N–H and O–H groups in total. The van der Waals surface area contributed by atoms with E-state index in [1.807, 2.05) is 12.1 Å². The largest absolute Gasteiger partial charge is 0.442 e. The smallest absolute Gasteiger partial charge is 0.414 e. The zero-order valence-corrected chi connectivity index (χ0v) is 10.8. The molecule has 5 nitrogen and oxygen atoms in total. The molecule has 1 spiro atoms. The van der Waals surface area contributed by atoms with E-state index in [9.17, 15) is 4.79 Å². The van der Waals surface area contributed by atoms with Gasteiger partial charge in [-0.25, -0.2) is 4.79 Å². The van der Waals surface area contributed by atoms with Crippen LogP contribution in [0.2, 0.25) is 0 Å². The average Bonchev–Trinajstić information content (AvgIpc) is 2.39. The summed E-state index contributed by atoms with van der Waals surface area (Å²) in [7, 11) is 0. The highest BCUT2D eigenvalue weighted by atomic mass is 16.6. The van der Waals surface area contributed by atoms with Crippen molar-refractivity contribution in [2.24, 2.45) is 0 Å². The molecule has 1 aromatic rings. The Morgan fingerprint density at radius 3 is 2.68 bits per heavy atom. The molecule has 0 unspecified atom stereocenters. The molecule has 19 heavy (non-hydrogen) atoms. The molecule has 0 saturated carbocycles. The molecule has 1 amide bonds. The molecule has 0 aliphatic carbocycles. The van der Waals surface area contributed by atoms with Gasteiger partial charge in [0.1, 0.15) is 5.60 Å². The summed E-state index contributed by atoms with van der Waals surface area (Å²) in [4.78, 5) is 13.9. The highest BCUT2D eigenvalue weighted by Gasteiger charge is 2.42. The van der Waals surface area contributed by atoms with E-state index in [4.69, 9.17) is 15.2 Å². The average molecular weight is 262 g/mol. The maximum absolute atomic E-state index is 12.2. The SMILES string of the molecule is Nc1cccc(N2CCC3(CCOCC3)OC2=O)c1. The predicted octanol–water partition coefficient (Wildman–Crippen LogP) is 2.16. The minimum absolute atomic E-state index is 0.279. The van der Waals surface area contributed by atoms with Crippen LogP contribution in [0.25, 0.3) is 0 Å². The number of hydrogen-bond donors (Lipinski definition) is 1. The van der Waals surface area contributed by atoms with E-state index in [0.29, 0.717) is 25.4 Å². The van der Waals surface area contributed by atoms with Crippen molar-refractivity contribution in [3.05, 3.63) is 24.3 Å². The Labute approximate surface area is 112 Å². The summed E-state index contributed by atoms with van der Waals surface area (Å²) in [5, 5.41) is 0. The highest BCUT2D eigenvalue weighted by molar-refractivity contribution is 5.89. The number of benzene rings is 1. The molecule has 0 bridgehead atoms. The van der Waals surface area contributed by atoms with Crippen LogP contribution in [0.3, 0.4) is 0 Å². The Balaban J connectivity index is 1.76. The maximum Gasteiger partial charge on any atom is 0.414 e. The first-order chi connectivity index (χ1) is 9.19. The quantitative estimate of drug-likeness (QED) is 0.788. The van der Waals surface area contributed by atoms with E-state index < -0.39 is 0 Å². The lowest BCUT2D eigenvalue weighted by Gasteiger charge is -2.43. The van der Waals surface area contributed by atoms with Gasteiger partial charge in [-0.05, 0) is 18.2 Å². The molecule has 0 aromatic heterocycles. The number of hydrogen-bond acceptors (Lipinski definition) is 4.